The van der Waals surface area contributed by atoms with Gasteiger partial charge in [0.25, 0.3) is 7.82 Å². The van der Waals surface area contributed by atoms with Crippen LogP contribution >= 0.6 is 7.82 Å². The van der Waals surface area contributed by atoms with Gasteiger partial charge in [0.1, 0.15) is 13.2 Å². The third kappa shape index (κ3) is 25.4. The van der Waals surface area contributed by atoms with Crippen molar-refractivity contribution in [1.82, 2.24) is 5.32 Å². The molecule has 0 bridgehead atoms. The van der Waals surface area contributed by atoms with Crippen LogP contribution in [0.1, 0.15) is 90.9 Å². The fraction of sp³-hybridized carbons (Fsp3) is 0.710. The Balaban J connectivity index is 4.60. The van der Waals surface area contributed by atoms with Crippen molar-refractivity contribution in [3.8, 4) is 0 Å². The number of aliphatic hydroxyl groups excluding tert-OH is 1. The average Bonchev–Trinajstić information content (AvgIpc) is 2.88. The van der Waals surface area contributed by atoms with Crippen LogP contribution in [-0.2, 0) is 18.4 Å². The van der Waals surface area contributed by atoms with Crippen molar-refractivity contribution in [1.29, 1.82) is 0 Å². The number of nitrogens with one attached hydrogen (secondary N) is 1. The summed E-state index contributed by atoms with van der Waals surface area (Å²) < 4.78 is 22.8. The summed E-state index contributed by atoms with van der Waals surface area (Å²) in [6.07, 6.45) is 26.3. The fourth-order valence-electron chi connectivity index (χ4n) is 3.57. The number of amides is 1. The Morgan fingerprint density at radius 2 is 1.52 bits per heavy atom. The van der Waals surface area contributed by atoms with E-state index in [2.05, 4.69) is 55.6 Å². The summed E-state index contributed by atoms with van der Waals surface area (Å²) in [5, 5.41) is 13.4. The van der Waals surface area contributed by atoms with Crippen LogP contribution in [0.4, 0.5) is 0 Å². The average molecular weight is 585 g/mol. The van der Waals surface area contributed by atoms with Crippen LogP contribution in [-0.4, -0.2) is 68.5 Å². The number of rotatable bonds is 25. The smallest absolute Gasteiger partial charge is 0.268 e. The Morgan fingerprint density at radius 3 is 2.17 bits per heavy atom. The van der Waals surface area contributed by atoms with Crippen molar-refractivity contribution in [2.24, 2.45) is 0 Å². The predicted octanol–water partition coefficient (Wildman–Crippen LogP) is 5.99. The van der Waals surface area contributed by atoms with Gasteiger partial charge in [0, 0.05) is 6.42 Å². The van der Waals surface area contributed by atoms with Crippen molar-refractivity contribution < 1.29 is 32.9 Å². The predicted molar refractivity (Wildman–Crippen MR) is 164 cm³/mol. The number of aliphatic hydroxyl groups is 1. The van der Waals surface area contributed by atoms with Gasteiger partial charge >= 0.3 is 0 Å². The van der Waals surface area contributed by atoms with Gasteiger partial charge in [-0.25, -0.2) is 0 Å². The van der Waals surface area contributed by atoms with Crippen molar-refractivity contribution in [3.63, 3.8) is 0 Å². The molecular weight excluding hydrogens is 527 g/mol. The van der Waals surface area contributed by atoms with E-state index in [0.29, 0.717) is 23.9 Å². The minimum absolute atomic E-state index is 0.0102. The molecule has 0 saturated carbocycles. The fourth-order valence-corrected chi connectivity index (χ4v) is 4.30. The number of hydrogen-bond acceptors (Lipinski definition) is 6. The van der Waals surface area contributed by atoms with Gasteiger partial charge in [-0.05, 0) is 51.4 Å². The van der Waals surface area contributed by atoms with Crippen LogP contribution in [0.2, 0.25) is 0 Å². The van der Waals surface area contributed by atoms with Crippen LogP contribution in [0, 0.1) is 0 Å². The van der Waals surface area contributed by atoms with Gasteiger partial charge in [-0.1, -0.05) is 81.7 Å². The summed E-state index contributed by atoms with van der Waals surface area (Å²) in [5.41, 5.74) is 0. The van der Waals surface area contributed by atoms with Crippen molar-refractivity contribution in [3.05, 3.63) is 48.6 Å². The summed E-state index contributed by atoms with van der Waals surface area (Å²) in [6, 6.07) is -0.896. The van der Waals surface area contributed by atoms with Gasteiger partial charge in [0.2, 0.25) is 5.91 Å². The SMILES string of the molecule is CC/C=C\C/C=C\C/C=C\CCCCCC(=O)NC(COP(=O)([O-])OCC[N+](C)(C)C)C(O)/C=C/CCCCC. The molecule has 0 radical (unpaired) electrons. The van der Waals surface area contributed by atoms with Gasteiger partial charge in [-0.3, -0.25) is 9.36 Å². The number of allylic oxidation sites excluding steroid dienone is 7. The highest BCUT2D eigenvalue weighted by Crippen LogP contribution is 2.38. The molecule has 40 heavy (non-hydrogen) atoms. The van der Waals surface area contributed by atoms with Gasteiger partial charge < -0.3 is 28.8 Å². The number of quaternary nitrogens is 1. The standard InChI is InChI=1S/C31H57N2O6P/c1-6-8-10-12-13-14-15-16-17-18-19-21-23-25-31(35)32-29(30(34)24-22-20-11-9-7-2)28-39-40(36,37)38-27-26-33(3,4)5/h8,10,13-14,16-17,22,24,29-30,34H,6-7,9,11-12,15,18-21,23,25-28H2,1-5H3,(H-,32,35,36,37)/b10-8-,14-13-,17-16-,24-22+. The largest absolute Gasteiger partial charge is 0.756 e. The Labute approximate surface area is 244 Å². The first-order valence-corrected chi connectivity index (χ1v) is 16.5. The minimum atomic E-state index is -4.57. The first kappa shape index (κ1) is 38.5. The molecule has 0 aliphatic heterocycles. The lowest BCUT2D eigenvalue weighted by molar-refractivity contribution is -0.870. The molecule has 1 amide bonds. The molecule has 0 spiro atoms. The van der Waals surface area contributed by atoms with E-state index in [0.717, 1.165) is 64.2 Å². The molecule has 0 aromatic rings. The number of carbonyl (C=O) groups is 1. The number of carbonyl (C=O) groups excluding carboxylic acids is 1. The first-order chi connectivity index (χ1) is 19.0. The molecule has 0 aliphatic rings. The van der Waals surface area contributed by atoms with Crippen LogP contribution in [0.5, 0.6) is 0 Å². The van der Waals surface area contributed by atoms with Crippen molar-refractivity contribution in [2.45, 2.75) is 103 Å². The van der Waals surface area contributed by atoms with Crippen LogP contribution in [0.3, 0.4) is 0 Å². The highest BCUT2D eigenvalue weighted by Gasteiger charge is 2.23. The van der Waals surface area contributed by atoms with E-state index in [4.69, 9.17) is 9.05 Å². The summed E-state index contributed by atoms with van der Waals surface area (Å²) in [7, 11) is 1.22. The first-order valence-electron chi connectivity index (χ1n) is 15.0. The number of unbranched alkanes of at least 4 members (excludes halogenated alkanes) is 6. The summed E-state index contributed by atoms with van der Waals surface area (Å²) in [5.74, 6) is -0.239. The molecule has 2 N–H and O–H groups in total. The number of nitrogens with zero attached hydrogens (tertiary/aromatic N) is 1. The van der Waals surface area contributed by atoms with Crippen LogP contribution in [0.25, 0.3) is 0 Å². The lowest BCUT2D eigenvalue weighted by Crippen LogP contribution is -2.45. The third-order valence-corrected chi connectivity index (χ3v) is 7.01. The topological polar surface area (TPSA) is 108 Å². The molecule has 0 aromatic heterocycles. The summed E-state index contributed by atoms with van der Waals surface area (Å²) in [6.45, 7) is 4.33. The summed E-state index contributed by atoms with van der Waals surface area (Å²) in [4.78, 5) is 24.8. The normalized spacial score (nSPS) is 15.9. The molecule has 3 unspecified atom stereocenters. The van der Waals surface area contributed by atoms with E-state index in [1.165, 1.54) is 0 Å². The quantitative estimate of drug-likeness (QED) is 0.0591. The van der Waals surface area contributed by atoms with Crippen LogP contribution in [0.15, 0.2) is 48.6 Å². The van der Waals surface area contributed by atoms with E-state index in [1.54, 1.807) is 6.08 Å². The zero-order valence-corrected chi connectivity index (χ0v) is 26.7. The van der Waals surface area contributed by atoms with Crippen LogP contribution < -0.4 is 10.2 Å². The lowest BCUT2D eigenvalue weighted by Gasteiger charge is -2.29. The second-order valence-electron chi connectivity index (χ2n) is 11.1. The van der Waals surface area contributed by atoms with Gasteiger partial charge in [0.05, 0.1) is 39.9 Å². The number of phosphoric ester groups is 1. The van der Waals surface area contributed by atoms with E-state index >= 15 is 0 Å². The molecule has 0 rings (SSSR count). The zero-order valence-electron chi connectivity index (χ0n) is 25.8. The van der Waals surface area contributed by atoms with Gasteiger partial charge in [0.15, 0.2) is 0 Å². The maximum absolute atomic E-state index is 12.6. The highest BCUT2D eigenvalue weighted by molar-refractivity contribution is 7.45. The minimum Gasteiger partial charge on any atom is -0.756 e. The molecule has 8 nitrogen and oxygen atoms in total. The number of hydrogen-bond donors (Lipinski definition) is 2. The Hall–Kier alpha value is -1.54. The molecule has 0 heterocycles. The third-order valence-electron chi connectivity index (χ3n) is 6.04. The summed E-state index contributed by atoms with van der Waals surface area (Å²) >= 11 is 0. The molecular formula is C31H57N2O6P. The molecule has 0 fully saturated rings. The van der Waals surface area contributed by atoms with E-state index in [9.17, 15) is 19.4 Å². The maximum Gasteiger partial charge on any atom is 0.268 e. The van der Waals surface area contributed by atoms with Crippen molar-refractivity contribution >= 4 is 13.7 Å². The monoisotopic (exact) mass is 584 g/mol. The molecule has 9 heteroatoms. The molecule has 3 atom stereocenters. The maximum atomic E-state index is 12.6. The number of phosphoric acid groups is 1. The van der Waals surface area contributed by atoms with E-state index in [1.807, 2.05) is 27.2 Å². The van der Waals surface area contributed by atoms with Gasteiger partial charge in [-0.15, -0.1) is 0 Å². The van der Waals surface area contributed by atoms with Crippen molar-refractivity contribution in [2.75, 3.05) is 40.9 Å². The molecule has 232 valence electrons. The Kier molecular flexibility index (Phi) is 23.2. The number of likely N-dealkylation sites (N-methyl/N-ethyl adjacent to an activating group) is 1. The Bertz CT molecular complexity index is 804. The zero-order chi connectivity index (χ0) is 30.1. The second kappa shape index (κ2) is 24.1. The van der Waals surface area contributed by atoms with E-state index < -0.39 is 26.6 Å². The molecule has 0 saturated heterocycles. The highest BCUT2D eigenvalue weighted by atomic mass is 31.2. The molecule has 0 aliphatic carbocycles. The molecule has 0 aromatic carbocycles. The van der Waals surface area contributed by atoms with E-state index in [-0.39, 0.29) is 12.5 Å². The second-order valence-corrected chi connectivity index (χ2v) is 12.5. The van der Waals surface area contributed by atoms with Gasteiger partial charge in [-0.2, -0.15) is 0 Å². The Morgan fingerprint density at radius 1 is 0.900 bits per heavy atom. The lowest BCUT2D eigenvalue weighted by atomic mass is 10.1.